The molecule has 4 nitrogen and oxygen atoms in total. The van der Waals surface area contributed by atoms with E-state index in [1.807, 2.05) is 0 Å². The van der Waals surface area contributed by atoms with Crippen molar-refractivity contribution in [1.29, 1.82) is 0 Å². The third kappa shape index (κ3) is 5.44. The molecule has 1 aliphatic rings. The molecule has 5 atom stereocenters. The summed E-state index contributed by atoms with van der Waals surface area (Å²) in [4.78, 5) is 10.5. The molecule has 0 aromatic heterocycles. The van der Waals surface area contributed by atoms with Crippen LogP contribution in [0.3, 0.4) is 0 Å². The summed E-state index contributed by atoms with van der Waals surface area (Å²) in [5.41, 5.74) is 0. The van der Waals surface area contributed by atoms with Crippen molar-refractivity contribution < 1.29 is 20.1 Å². The molecule has 0 radical (unpaired) electrons. The number of aliphatic hydroxyl groups excluding tert-OH is 3. The molecule has 0 aliphatic heterocycles. The first-order valence-electron chi connectivity index (χ1n) is 8.20. The number of rotatable bonds is 9. The van der Waals surface area contributed by atoms with Gasteiger partial charge in [0, 0.05) is 18.8 Å². The van der Waals surface area contributed by atoms with Gasteiger partial charge in [-0.05, 0) is 30.8 Å². The van der Waals surface area contributed by atoms with Crippen molar-refractivity contribution in [1.82, 2.24) is 0 Å². The Morgan fingerprint density at radius 3 is 2.67 bits per heavy atom. The van der Waals surface area contributed by atoms with Crippen LogP contribution in [-0.4, -0.2) is 33.8 Å². The zero-order valence-electron chi connectivity index (χ0n) is 13.2. The number of carbonyl (C=O) groups is 1. The van der Waals surface area contributed by atoms with Gasteiger partial charge in [-0.3, -0.25) is 0 Å². The largest absolute Gasteiger partial charge is 0.512 e. The van der Waals surface area contributed by atoms with Crippen LogP contribution in [0.15, 0.2) is 11.8 Å². The number of allylic oxidation sites excluding steroid dienone is 1. The Morgan fingerprint density at radius 1 is 1.33 bits per heavy atom. The fraction of sp³-hybridized carbons (Fsp3) is 0.824. The Bertz CT molecular complexity index is 340. The summed E-state index contributed by atoms with van der Waals surface area (Å²) >= 11 is 0. The third-order valence-electron chi connectivity index (χ3n) is 4.59. The van der Waals surface area contributed by atoms with E-state index in [0.29, 0.717) is 18.8 Å². The molecule has 21 heavy (non-hydrogen) atoms. The van der Waals surface area contributed by atoms with Crippen LogP contribution >= 0.6 is 0 Å². The molecule has 1 saturated carbocycles. The predicted octanol–water partition coefficient (Wildman–Crippen LogP) is 2.98. The Morgan fingerprint density at radius 2 is 2.05 bits per heavy atom. The first-order chi connectivity index (χ1) is 10.0. The van der Waals surface area contributed by atoms with Gasteiger partial charge in [-0.15, -0.1) is 0 Å². The molecule has 4 heteroatoms. The van der Waals surface area contributed by atoms with E-state index in [2.05, 4.69) is 13.8 Å². The number of unbranched alkanes of at least 4 members (excludes halogenated alkanes) is 1. The maximum atomic E-state index is 10.5. The van der Waals surface area contributed by atoms with Crippen LogP contribution in [-0.2, 0) is 4.79 Å². The van der Waals surface area contributed by atoms with Gasteiger partial charge in [-0.2, -0.15) is 0 Å². The fourth-order valence-electron chi connectivity index (χ4n) is 3.27. The summed E-state index contributed by atoms with van der Waals surface area (Å²) in [6.45, 7) is 4.32. The van der Waals surface area contributed by atoms with Crippen LogP contribution in [0.1, 0.15) is 58.8 Å². The van der Waals surface area contributed by atoms with Gasteiger partial charge < -0.3 is 20.1 Å². The van der Waals surface area contributed by atoms with Gasteiger partial charge in [0.1, 0.15) is 6.29 Å². The molecule has 0 amide bonds. The molecule has 0 spiro atoms. The molecule has 0 bridgehead atoms. The van der Waals surface area contributed by atoms with E-state index in [1.54, 1.807) is 6.08 Å². The smallest absolute Gasteiger partial charge is 0.120 e. The van der Waals surface area contributed by atoms with E-state index in [4.69, 9.17) is 0 Å². The summed E-state index contributed by atoms with van der Waals surface area (Å²) in [6, 6.07) is 0. The molecule has 122 valence electrons. The van der Waals surface area contributed by atoms with Crippen molar-refractivity contribution in [3.8, 4) is 0 Å². The molecule has 0 saturated heterocycles. The lowest BCUT2D eigenvalue weighted by Gasteiger charge is -2.22. The minimum atomic E-state index is -0.723. The first-order valence-corrected chi connectivity index (χ1v) is 8.20. The van der Waals surface area contributed by atoms with E-state index in [9.17, 15) is 20.1 Å². The summed E-state index contributed by atoms with van der Waals surface area (Å²) in [7, 11) is 0. The van der Waals surface area contributed by atoms with E-state index < -0.39 is 18.1 Å². The van der Waals surface area contributed by atoms with Crippen molar-refractivity contribution in [2.75, 3.05) is 0 Å². The first kappa shape index (κ1) is 18.2. The van der Waals surface area contributed by atoms with E-state index >= 15 is 0 Å². The third-order valence-corrected chi connectivity index (χ3v) is 4.59. The number of hydrogen-bond donors (Lipinski definition) is 3. The quantitative estimate of drug-likeness (QED) is 0.452. The van der Waals surface area contributed by atoms with Gasteiger partial charge in [0.05, 0.1) is 18.0 Å². The minimum absolute atomic E-state index is 0.179. The van der Waals surface area contributed by atoms with Crippen LogP contribution in [0.4, 0.5) is 0 Å². The second-order valence-electron chi connectivity index (χ2n) is 6.42. The number of aldehydes is 1. The summed E-state index contributed by atoms with van der Waals surface area (Å²) in [5, 5.41) is 30.3. The van der Waals surface area contributed by atoms with Crippen molar-refractivity contribution in [3.63, 3.8) is 0 Å². The highest BCUT2D eigenvalue weighted by Gasteiger charge is 2.43. The molecule has 1 fully saturated rings. The molecule has 1 aliphatic carbocycles. The van der Waals surface area contributed by atoms with Gasteiger partial charge in [0.2, 0.25) is 0 Å². The summed E-state index contributed by atoms with van der Waals surface area (Å²) in [6.07, 6.45) is 6.65. The molecule has 0 heterocycles. The summed E-state index contributed by atoms with van der Waals surface area (Å²) < 4.78 is 0. The highest BCUT2D eigenvalue weighted by atomic mass is 16.3. The van der Waals surface area contributed by atoms with E-state index in [-0.39, 0.29) is 18.1 Å². The van der Waals surface area contributed by atoms with Crippen molar-refractivity contribution in [3.05, 3.63) is 11.8 Å². The SMILES string of the molecule is CCCCC(C)CC=C(O)[C@H]1[C@H](CCC=O)[C@H](O)C[C@@H]1O. The molecular weight excluding hydrogens is 268 g/mol. The standard InChI is InChI=1S/C17H30O4/c1-3-4-6-12(2)8-9-14(19)17-13(7-5-10-18)15(20)11-16(17)21/h9-10,12-13,15-17,19-21H,3-8,11H2,1-2H3/t12?,13-,15-,16+,17-/m1/s1. The maximum absolute atomic E-state index is 10.5. The second-order valence-corrected chi connectivity index (χ2v) is 6.42. The lowest BCUT2D eigenvalue weighted by Crippen LogP contribution is -2.24. The fourth-order valence-corrected chi connectivity index (χ4v) is 3.27. The van der Waals surface area contributed by atoms with Crippen molar-refractivity contribution in [2.24, 2.45) is 17.8 Å². The lowest BCUT2D eigenvalue weighted by atomic mass is 9.87. The second kappa shape index (κ2) is 9.21. The molecule has 1 unspecified atom stereocenters. The van der Waals surface area contributed by atoms with Crippen LogP contribution < -0.4 is 0 Å². The molecule has 0 aromatic carbocycles. The van der Waals surface area contributed by atoms with Gasteiger partial charge in [0.15, 0.2) is 0 Å². The number of aliphatic hydroxyl groups is 3. The van der Waals surface area contributed by atoms with E-state index in [1.165, 1.54) is 12.8 Å². The van der Waals surface area contributed by atoms with E-state index in [0.717, 1.165) is 19.1 Å². The molecule has 1 rings (SSSR count). The number of hydrogen-bond acceptors (Lipinski definition) is 4. The maximum Gasteiger partial charge on any atom is 0.120 e. The Labute approximate surface area is 127 Å². The molecule has 0 aromatic rings. The monoisotopic (exact) mass is 298 g/mol. The van der Waals surface area contributed by atoms with Gasteiger partial charge in [-0.25, -0.2) is 0 Å². The normalized spacial score (nSPS) is 31.3. The lowest BCUT2D eigenvalue weighted by molar-refractivity contribution is -0.108. The highest BCUT2D eigenvalue weighted by molar-refractivity contribution is 5.49. The minimum Gasteiger partial charge on any atom is -0.512 e. The van der Waals surface area contributed by atoms with Crippen LogP contribution in [0, 0.1) is 17.8 Å². The van der Waals surface area contributed by atoms with Crippen LogP contribution in [0.2, 0.25) is 0 Å². The predicted molar refractivity (Wildman–Crippen MR) is 82.9 cm³/mol. The Hall–Kier alpha value is -0.870. The van der Waals surface area contributed by atoms with Crippen LogP contribution in [0.25, 0.3) is 0 Å². The van der Waals surface area contributed by atoms with Crippen LogP contribution in [0.5, 0.6) is 0 Å². The number of carbonyl (C=O) groups excluding carboxylic acids is 1. The van der Waals surface area contributed by atoms with Crippen molar-refractivity contribution in [2.45, 2.75) is 71.0 Å². The topological polar surface area (TPSA) is 77.8 Å². The zero-order valence-corrected chi connectivity index (χ0v) is 13.2. The summed E-state index contributed by atoms with van der Waals surface area (Å²) in [5.74, 6) is 0.0213. The average molecular weight is 298 g/mol. The van der Waals surface area contributed by atoms with Gasteiger partial charge in [-0.1, -0.05) is 33.1 Å². The van der Waals surface area contributed by atoms with Crippen molar-refractivity contribution >= 4 is 6.29 Å². The Balaban J connectivity index is 2.63. The highest BCUT2D eigenvalue weighted by Crippen LogP contribution is 2.39. The molecular formula is C17H30O4. The van der Waals surface area contributed by atoms with Gasteiger partial charge in [0.25, 0.3) is 0 Å². The Kier molecular flexibility index (Phi) is 7.97. The molecule has 3 N–H and O–H groups in total. The zero-order chi connectivity index (χ0) is 15.8. The average Bonchev–Trinajstić information content (AvgIpc) is 2.74. The van der Waals surface area contributed by atoms with Gasteiger partial charge >= 0.3 is 0 Å².